The fraction of sp³-hybridized carbons (Fsp3) is 0.625. The highest BCUT2D eigenvalue weighted by atomic mass is 16.5. The first kappa shape index (κ1) is 9.21. The van der Waals surface area contributed by atoms with Crippen LogP contribution in [-0.4, -0.2) is 12.6 Å². The molecule has 0 unspecified atom stereocenters. The van der Waals surface area contributed by atoms with Crippen molar-refractivity contribution in [3.05, 3.63) is 12.7 Å². The maximum absolute atomic E-state index is 10.2. The highest BCUT2D eigenvalue weighted by molar-refractivity contribution is 5.65. The van der Waals surface area contributed by atoms with Crippen LogP contribution in [0, 0.1) is 0 Å². The summed E-state index contributed by atoms with van der Waals surface area (Å²) in [5.74, 6) is -0.196. The number of unbranched alkanes of at least 4 members (excludes halogenated alkanes) is 2. The Morgan fingerprint density at radius 2 is 2.30 bits per heavy atom. The van der Waals surface area contributed by atoms with Crippen molar-refractivity contribution in [1.29, 1.82) is 0 Å². The molecule has 0 heterocycles. The summed E-state index contributed by atoms with van der Waals surface area (Å²) in [4.78, 5) is 10.2. The number of rotatable bonds is 5. The van der Waals surface area contributed by atoms with Crippen molar-refractivity contribution in [1.82, 2.24) is 0 Å². The molecule has 0 amide bonds. The Morgan fingerprint density at radius 1 is 1.60 bits per heavy atom. The molecule has 0 fully saturated rings. The van der Waals surface area contributed by atoms with Crippen LogP contribution in [0.2, 0.25) is 0 Å². The molecule has 0 saturated heterocycles. The summed E-state index contributed by atoms with van der Waals surface area (Å²) in [5.41, 5.74) is 0. The van der Waals surface area contributed by atoms with Crippen LogP contribution < -0.4 is 0 Å². The molecule has 0 aliphatic carbocycles. The average molecular weight is 142 g/mol. The number of ether oxygens (including phenoxy) is 1. The number of allylic oxidation sites excluding steroid dienone is 1. The van der Waals surface area contributed by atoms with Gasteiger partial charge in [0.05, 0.1) is 6.61 Å². The first-order valence-corrected chi connectivity index (χ1v) is 3.51. The maximum Gasteiger partial charge on any atom is 0.302 e. The number of hydrogen-bond donors (Lipinski definition) is 0. The highest BCUT2D eigenvalue weighted by Crippen LogP contribution is 1.95. The van der Waals surface area contributed by atoms with E-state index in [1.165, 1.54) is 6.92 Å². The molecule has 2 nitrogen and oxygen atoms in total. The molecular formula is C8H14O2. The second-order valence-corrected chi connectivity index (χ2v) is 2.12. The lowest BCUT2D eigenvalue weighted by Gasteiger charge is -1.98. The highest BCUT2D eigenvalue weighted by Gasteiger charge is 1.90. The Kier molecular flexibility index (Phi) is 5.83. The van der Waals surface area contributed by atoms with E-state index in [2.05, 4.69) is 6.58 Å². The summed E-state index contributed by atoms with van der Waals surface area (Å²) in [7, 11) is 0. The van der Waals surface area contributed by atoms with Gasteiger partial charge in [0.25, 0.3) is 0 Å². The SMILES string of the molecule is C=CCCCCOC(C)=O. The lowest BCUT2D eigenvalue weighted by atomic mass is 10.2. The van der Waals surface area contributed by atoms with E-state index in [0.717, 1.165) is 19.3 Å². The van der Waals surface area contributed by atoms with Crippen molar-refractivity contribution in [3.8, 4) is 0 Å². The van der Waals surface area contributed by atoms with E-state index in [1.54, 1.807) is 0 Å². The van der Waals surface area contributed by atoms with Gasteiger partial charge in [0.1, 0.15) is 0 Å². The Morgan fingerprint density at radius 3 is 2.80 bits per heavy atom. The van der Waals surface area contributed by atoms with Gasteiger partial charge >= 0.3 is 5.97 Å². The zero-order chi connectivity index (χ0) is 7.82. The molecule has 0 spiro atoms. The van der Waals surface area contributed by atoms with Gasteiger partial charge < -0.3 is 4.74 Å². The van der Waals surface area contributed by atoms with Gasteiger partial charge in [0, 0.05) is 6.92 Å². The summed E-state index contributed by atoms with van der Waals surface area (Å²) >= 11 is 0. The van der Waals surface area contributed by atoms with Crippen molar-refractivity contribution in [2.75, 3.05) is 6.61 Å². The molecule has 0 saturated carbocycles. The zero-order valence-electron chi connectivity index (χ0n) is 6.43. The van der Waals surface area contributed by atoms with Crippen LogP contribution in [0.25, 0.3) is 0 Å². The van der Waals surface area contributed by atoms with E-state index in [1.807, 2.05) is 6.08 Å². The molecule has 0 aliphatic rings. The van der Waals surface area contributed by atoms with Gasteiger partial charge in [0.15, 0.2) is 0 Å². The third kappa shape index (κ3) is 7.21. The molecule has 0 radical (unpaired) electrons. The molecule has 0 aliphatic heterocycles. The smallest absolute Gasteiger partial charge is 0.302 e. The number of carbonyl (C=O) groups excluding carboxylic acids is 1. The van der Waals surface area contributed by atoms with Gasteiger partial charge in [-0.15, -0.1) is 6.58 Å². The van der Waals surface area contributed by atoms with Gasteiger partial charge in [0.2, 0.25) is 0 Å². The first-order chi connectivity index (χ1) is 4.77. The standard InChI is InChI=1S/C8H14O2/c1-3-4-5-6-7-10-8(2)9/h3H,1,4-7H2,2H3. The Bertz CT molecular complexity index is 108. The molecular weight excluding hydrogens is 128 g/mol. The lowest BCUT2D eigenvalue weighted by molar-refractivity contribution is -0.141. The van der Waals surface area contributed by atoms with Gasteiger partial charge in [-0.1, -0.05) is 6.08 Å². The topological polar surface area (TPSA) is 26.3 Å². The van der Waals surface area contributed by atoms with E-state index in [9.17, 15) is 4.79 Å². The minimum atomic E-state index is -0.196. The van der Waals surface area contributed by atoms with Gasteiger partial charge in [-0.3, -0.25) is 4.79 Å². The van der Waals surface area contributed by atoms with Crippen molar-refractivity contribution in [2.45, 2.75) is 26.2 Å². The van der Waals surface area contributed by atoms with E-state index in [4.69, 9.17) is 4.74 Å². The fourth-order valence-corrected chi connectivity index (χ4v) is 0.607. The van der Waals surface area contributed by atoms with Crippen molar-refractivity contribution >= 4 is 5.97 Å². The molecule has 2 heteroatoms. The van der Waals surface area contributed by atoms with Crippen molar-refractivity contribution in [3.63, 3.8) is 0 Å². The summed E-state index contributed by atoms with van der Waals surface area (Å²) < 4.78 is 4.72. The number of esters is 1. The van der Waals surface area contributed by atoms with E-state index in [-0.39, 0.29) is 5.97 Å². The van der Waals surface area contributed by atoms with Gasteiger partial charge in [-0.25, -0.2) is 0 Å². The largest absolute Gasteiger partial charge is 0.466 e. The van der Waals surface area contributed by atoms with Crippen LogP contribution in [0.5, 0.6) is 0 Å². The fourth-order valence-electron chi connectivity index (χ4n) is 0.607. The number of carbonyl (C=O) groups is 1. The minimum Gasteiger partial charge on any atom is -0.466 e. The van der Waals surface area contributed by atoms with Gasteiger partial charge in [-0.2, -0.15) is 0 Å². The zero-order valence-corrected chi connectivity index (χ0v) is 6.43. The second kappa shape index (κ2) is 6.33. The molecule has 10 heavy (non-hydrogen) atoms. The maximum atomic E-state index is 10.2. The average Bonchev–Trinajstić information content (AvgIpc) is 1.87. The first-order valence-electron chi connectivity index (χ1n) is 3.51. The Labute approximate surface area is 61.9 Å². The molecule has 0 bridgehead atoms. The molecule has 0 N–H and O–H groups in total. The van der Waals surface area contributed by atoms with Crippen molar-refractivity contribution < 1.29 is 9.53 Å². The normalized spacial score (nSPS) is 8.90. The summed E-state index contributed by atoms with van der Waals surface area (Å²) in [6.07, 6.45) is 4.86. The van der Waals surface area contributed by atoms with Crippen LogP contribution in [-0.2, 0) is 9.53 Å². The Balaban J connectivity index is 2.90. The number of hydrogen-bond acceptors (Lipinski definition) is 2. The van der Waals surface area contributed by atoms with Crippen LogP contribution in [0.1, 0.15) is 26.2 Å². The monoisotopic (exact) mass is 142 g/mol. The molecule has 0 atom stereocenters. The molecule has 0 aromatic rings. The summed E-state index contributed by atoms with van der Waals surface area (Å²) in [6.45, 7) is 5.55. The molecule has 0 aromatic heterocycles. The second-order valence-electron chi connectivity index (χ2n) is 2.12. The van der Waals surface area contributed by atoms with Crippen LogP contribution in [0.3, 0.4) is 0 Å². The minimum absolute atomic E-state index is 0.196. The predicted molar refractivity (Wildman–Crippen MR) is 40.7 cm³/mol. The van der Waals surface area contributed by atoms with Crippen LogP contribution in [0.15, 0.2) is 12.7 Å². The van der Waals surface area contributed by atoms with Crippen molar-refractivity contribution in [2.24, 2.45) is 0 Å². The Hall–Kier alpha value is -0.790. The summed E-state index contributed by atoms with van der Waals surface area (Å²) in [5, 5.41) is 0. The predicted octanol–water partition coefficient (Wildman–Crippen LogP) is 1.91. The lowest BCUT2D eigenvalue weighted by Crippen LogP contribution is -1.99. The third-order valence-corrected chi connectivity index (χ3v) is 1.11. The molecule has 58 valence electrons. The quantitative estimate of drug-likeness (QED) is 0.333. The van der Waals surface area contributed by atoms with E-state index in [0.29, 0.717) is 6.61 Å². The summed E-state index contributed by atoms with van der Waals surface area (Å²) in [6, 6.07) is 0. The van der Waals surface area contributed by atoms with E-state index >= 15 is 0 Å². The molecule has 0 aromatic carbocycles. The molecule has 0 rings (SSSR count). The van der Waals surface area contributed by atoms with Crippen LogP contribution in [0.4, 0.5) is 0 Å². The third-order valence-electron chi connectivity index (χ3n) is 1.11. The van der Waals surface area contributed by atoms with Crippen LogP contribution >= 0.6 is 0 Å². The van der Waals surface area contributed by atoms with E-state index < -0.39 is 0 Å². The van der Waals surface area contributed by atoms with Gasteiger partial charge in [-0.05, 0) is 19.3 Å².